The molecule has 6 nitrogen and oxygen atoms in total. The van der Waals surface area contributed by atoms with Crippen LogP contribution in [0.25, 0.3) is 10.6 Å². The molecule has 1 saturated carbocycles. The third kappa shape index (κ3) is 3.11. The summed E-state index contributed by atoms with van der Waals surface area (Å²) in [5.41, 5.74) is 1.01. The molecule has 26 heavy (non-hydrogen) atoms. The van der Waals surface area contributed by atoms with E-state index in [0.29, 0.717) is 13.1 Å². The molecule has 2 aliphatic rings. The largest absolute Gasteiger partial charge is 0.330 e. The Bertz CT molecular complexity index is 801. The highest BCUT2D eigenvalue weighted by atomic mass is 32.1. The molecule has 1 saturated heterocycles. The van der Waals surface area contributed by atoms with Crippen LogP contribution in [0.4, 0.5) is 0 Å². The fourth-order valence-electron chi connectivity index (χ4n) is 3.83. The molecule has 2 aromatic rings. The molecule has 1 aromatic carbocycles. The normalized spacial score (nSPS) is 20.0. The lowest BCUT2D eigenvalue weighted by Gasteiger charge is -2.39. The lowest BCUT2D eigenvalue weighted by atomic mass is 10.1. The van der Waals surface area contributed by atoms with Crippen molar-refractivity contribution in [1.29, 1.82) is 0 Å². The average Bonchev–Trinajstić information content (AvgIpc) is 3.36. The van der Waals surface area contributed by atoms with Gasteiger partial charge in [-0.1, -0.05) is 54.5 Å². The number of hydrogen-bond donors (Lipinski definition) is 0. The van der Waals surface area contributed by atoms with Crippen molar-refractivity contribution in [3.8, 4) is 10.6 Å². The second-order valence-corrected chi connectivity index (χ2v) is 7.93. The Morgan fingerprint density at radius 2 is 1.77 bits per heavy atom. The number of hydrogen-bond acceptors (Lipinski definition) is 5. The molecule has 2 fully saturated rings. The van der Waals surface area contributed by atoms with Gasteiger partial charge in [-0.25, -0.2) is 0 Å². The van der Waals surface area contributed by atoms with E-state index < -0.39 is 5.91 Å². The summed E-state index contributed by atoms with van der Waals surface area (Å²) in [5, 5.41) is 10.1. The highest BCUT2D eigenvalue weighted by molar-refractivity contribution is 7.14. The van der Waals surface area contributed by atoms with Crippen LogP contribution in [-0.2, 0) is 9.59 Å². The molecule has 4 rings (SSSR count). The molecular weight excluding hydrogens is 348 g/mol. The highest BCUT2D eigenvalue weighted by Gasteiger charge is 2.39. The van der Waals surface area contributed by atoms with E-state index in [1.165, 1.54) is 11.3 Å². The third-order valence-corrected chi connectivity index (χ3v) is 6.48. The van der Waals surface area contributed by atoms with E-state index in [1.807, 2.05) is 37.3 Å². The molecule has 0 N–H and O–H groups in total. The number of piperazine rings is 1. The highest BCUT2D eigenvalue weighted by Crippen LogP contribution is 2.31. The first-order chi connectivity index (χ1) is 12.6. The monoisotopic (exact) mass is 370 g/mol. The number of carbonyl (C=O) groups is 2. The van der Waals surface area contributed by atoms with Gasteiger partial charge in [-0.3, -0.25) is 9.59 Å². The van der Waals surface area contributed by atoms with Crippen molar-refractivity contribution in [3.05, 3.63) is 35.3 Å². The quantitative estimate of drug-likeness (QED) is 0.776. The van der Waals surface area contributed by atoms with Crippen molar-refractivity contribution in [3.63, 3.8) is 0 Å². The van der Waals surface area contributed by atoms with Gasteiger partial charge in [0.05, 0.1) is 6.04 Å². The Morgan fingerprint density at radius 1 is 1.04 bits per heavy atom. The van der Waals surface area contributed by atoms with E-state index >= 15 is 0 Å². The number of aromatic nitrogens is 2. The maximum absolute atomic E-state index is 12.7. The van der Waals surface area contributed by atoms with Crippen LogP contribution in [0.15, 0.2) is 30.3 Å². The zero-order valence-corrected chi connectivity index (χ0v) is 15.6. The first-order valence-corrected chi connectivity index (χ1v) is 9.97. The standard InChI is InChI=1S/C19H22N4O2S/c1-13(16-20-21-17(26-16)14-7-3-2-4-8-14)22-11-12-23(19(25)18(22)24)15-9-5-6-10-15/h2-4,7-8,13,15H,5-6,9-12H2,1H3/t13-/m1/s1. The summed E-state index contributed by atoms with van der Waals surface area (Å²) in [5.74, 6) is -0.769. The van der Waals surface area contributed by atoms with Crippen molar-refractivity contribution in [2.45, 2.75) is 44.7 Å². The lowest BCUT2D eigenvalue weighted by Crippen LogP contribution is -2.57. The Hall–Kier alpha value is -2.28. The van der Waals surface area contributed by atoms with E-state index in [2.05, 4.69) is 10.2 Å². The summed E-state index contributed by atoms with van der Waals surface area (Å²) in [6, 6.07) is 9.87. The molecule has 1 aliphatic carbocycles. The van der Waals surface area contributed by atoms with Gasteiger partial charge in [-0.05, 0) is 19.8 Å². The van der Waals surface area contributed by atoms with Gasteiger partial charge in [0, 0.05) is 24.7 Å². The van der Waals surface area contributed by atoms with Gasteiger partial charge in [0.2, 0.25) is 0 Å². The number of amides is 2. The van der Waals surface area contributed by atoms with E-state index in [9.17, 15) is 9.59 Å². The molecule has 1 atom stereocenters. The summed E-state index contributed by atoms with van der Waals surface area (Å²) < 4.78 is 0. The zero-order chi connectivity index (χ0) is 18.1. The van der Waals surface area contributed by atoms with Gasteiger partial charge in [-0.2, -0.15) is 0 Å². The van der Waals surface area contributed by atoms with Crippen molar-refractivity contribution in [2.24, 2.45) is 0 Å². The minimum Gasteiger partial charge on any atom is -0.330 e. The number of carbonyl (C=O) groups excluding carboxylic acids is 2. The maximum atomic E-state index is 12.7. The van der Waals surface area contributed by atoms with Crippen LogP contribution in [0, 0.1) is 0 Å². The molecule has 0 unspecified atom stereocenters. The first-order valence-electron chi connectivity index (χ1n) is 9.15. The van der Waals surface area contributed by atoms with Crippen LogP contribution >= 0.6 is 11.3 Å². The minimum atomic E-state index is -0.410. The summed E-state index contributed by atoms with van der Waals surface area (Å²) in [6.45, 7) is 3.10. The van der Waals surface area contributed by atoms with Crippen LogP contribution in [0.5, 0.6) is 0 Å². The predicted octanol–water partition coefficient (Wildman–Crippen LogP) is 2.88. The van der Waals surface area contributed by atoms with Crippen LogP contribution in [0.3, 0.4) is 0 Å². The lowest BCUT2D eigenvalue weighted by molar-refractivity contribution is -0.159. The molecule has 2 amide bonds. The Morgan fingerprint density at radius 3 is 2.50 bits per heavy atom. The second-order valence-electron chi connectivity index (χ2n) is 6.92. The molecule has 7 heteroatoms. The molecule has 0 spiro atoms. The van der Waals surface area contributed by atoms with Crippen molar-refractivity contribution >= 4 is 23.2 Å². The first kappa shape index (κ1) is 17.1. The van der Waals surface area contributed by atoms with Crippen molar-refractivity contribution in [1.82, 2.24) is 20.0 Å². The summed E-state index contributed by atoms with van der Waals surface area (Å²) in [7, 11) is 0. The van der Waals surface area contributed by atoms with Crippen molar-refractivity contribution in [2.75, 3.05) is 13.1 Å². The average molecular weight is 370 g/mol. The Kier molecular flexibility index (Phi) is 4.72. The van der Waals surface area contributed by atoms with E-state index in [0.717, 1.165) is 41.3 Å². The molecule has 136 valence electrons. The topological polar surface area (TPSA) is 66.4 Å². The number of benzene rings is 1. The molecule has 1 aliphatic heterocycles. The van der Waals surface area contributed by atoms with Gasteiger partial charge in [0.15, 0.2) is 0 Å². The molecule has 2 heterocycles. The molecule has 0 bridgehead atoms. The van der Waals surface area contributed by atoms with Crippen LogP contribution in [0.2, 0.25) is 0 Å². The summed E-state index contributed by atoms with van der Waals surface area (Å²) in [6.07, 6.45) is 4.34. The smallest absolute Gasteiger partial charge is 0.312 e. The SMILES string of the molecule is C[C@H](c1nnc(-c2ccccc2)s1)N1CCN(C2CCCC2)C(=O)C1=O. The van der Waals surface area contributed by atoms with E-state index in [4.69, 9.17) is 0 Å². The number of nitrogens with zero attached hydrogens (tertiary/aromatic N) is 4. The van der Waals surface area contributed by atoms with Crippen LogP contribution in [0.1, 0.15) is 43.7 Å². The molecular formula is C19H22N4O2S. The second kappa shape index (κ2) is 7.15. The fourth-order valence-corrected chi connectivity index (χ4v) is 4.75. The summed E-state index contributed by atoms with van der Waals surface area (Å²) >= 11 is 1.48. The van der Waals surface area contributed by atoms with Gasteiger partial charge in [0.25, 0.3) is 0 Å². The van der Waals surface area contributed by atoms with E-state index in [1.54, 1.807) is 9.80 Å². The zero-order valence-electron chi connectivity index (χ0n) is 14.8. The maximum Gasteiger partial charge on any atom is 0.312 e. The number of rotatable bonds is 4. The van der Waals surface area contributed by atoms with Gasteiger partial charge < -0.3 is 9.80 Å². The van der Waals surface area contributed by atoms with Gasteiger partial charge >= 0.3 is 11.8 Å². The Balaban J connectivity index is 1.48. The third-order valence-electron chi connectivity index (χ3n) is 5.34. The fraction of sp³-hybridized carbons (Fsp3) is 0.474. The van der Waals surface area contributed by atoms with Crippen LogP contribution < -0.4 is 0 Å². The van der Waals surface area contributed by atoms with E-state index in [-0.39, 0.29) is 18.0 Å². The molecule has 1 aromatic heterocycles. The van der Waals surface area contributed by atoms with Gasteiger partial charge in [-0.15, -0.1) is 10.2 Å². The van der Waals surface area contributed by atoms with Crippen LogP contribution in [-0.4, -0.2) is 50.9 Å². The van der Waals surface area contributed by atoms with Gasteiger partial charge in [0.1, 0.15) is 10.0 Å². The minimum absolute atomic E-state index is 0.243. The predicted molar refractivity (Wildman–Crippen MR) is 99.4 cm³/mol. The van der Waals surface area contributed by atoms with Crippen molar-refractivity contribution < 1.29 is 9.59 Å². The summed E-state index contributed by atoms with van der Waals surface area (Å²) in [4.78, 5) is 28.7. The Labute approximate surface area is 156 Å². The molecule has 0 radical (unpaired) electrons.